The van der Waals surface area contributed by atoms with E-state index >= 15 is 0 Å². The quantitative estimate of drug-likeness (QED) is 0.921. The van der Waals surface area contributed by atoms with E-state index in [1.807, 2.05) is 12.4 Å². The monoisotopic (exact) mass is 288 g/mol. The Morgan fingerprint density at radius 2 is 2.24 bits per heavy atom. The van der Waals surface area contributed by atoms with Crippen molar-refractivity contribution < 1.29 is 0 Å². The van der Waals surface area contributed by atoms with Crippen LogP contribution >= 0.6 is 0 Å². The summed E-state index contributed by atoms with van der Waals surface area (Å²) in [5, 5.41) is 3.53. The van der Waals surface area contributed by atoms with Gasteiger partial charge in [-0.1, -0.05) is 13.8 Å². The number of hydrogen-bond acceptors (Lipinski definition) is 4. The Balaban J connectivity index is 1.79. The summed E-state index contributed by atoms with van der Waals surface area (Å²) in [5.74, 6) is 0. The lowest BCUT2D eigenvalue weighted by atomic mass is 10.1. The van der Waals surface area contributed by atoms with Gasteiger partial charge in [-0.3, -0.25) is 9.88 Å². The highest BCUT2D eigenvalue weighted by molar-refractivity contribution is 5.54. The van der Waals surface area contributed by atoms with Crippen molar-refractivity contribution in [2.45, 2.75) is 58.3 Å². The van der Waals surface area contributed by atoms with E-state index in [0.717, 1.165) is 12.6 Å². The Bertz CT molecular complexity index is 474. The summed E-state index contributed by atoms with van der Waals surface area (Å²) in [6.07, 6.45) is 6.68. The fraction of sp³-hybridized carbons (Fsp3) is 0.706. The lowest BCUT2D eigenvalue weighted by Gasteiger charge is -2.44. The third kappa shape index (κ3) is 3.22. The lowest BCUT2D eigenvalue weighted by molar-refractivity contribution is 0.202. The largest absolute Gasteiger partial charge is 0.366 e. The van der Waals surface area contributed by atoms with E-state index < -0.39 is 0 Å². The normalized spacial score (nSPS) is 26.4. The van der Waals surface area contributed by atoms with E-state index in [1.165, 1.54) is 43.7 Å². The second-order valence-corrected chi connectivity index (χ2v) is 6.83. The minimum Gasteiger partial charge on any atom is -0.366 e. The van der Waals surface area contributed by atoms with Gasteiger partial charge >= 0.3 is 0 Å². The molecular weight excluding hydrogens is 260 g/mol. The molecule has 2 atom stereocenters. The zero-order valence-electron chi connectivity index (χ0n) is 13.5. The molecule has 3 heterocycles. The molecule has 0 aliphatic carbocycles. The highest BCUT2D eigenvalue weighted by atomic mass is 15.3. The number of aromatic nitrogens is 1. The van der Waals surface area contributed by atoms with Crippen LogP contribution in [-0.4, -0.2) is 47.6 Å². The van der Waals surface area contributed by atoms with Gasteiger partial charge in [0.1, 0.15) is 0 Å². The molecule has 21 heavy (non-hydrogen) atoms. The van der Waals surface area contributed by atoms with Crippen LogP contribution in [0.25, 0.3) is 0 Å². The van der Waals surface area contributed by atoms with Crippen molar-refractivity contribution >= 4 is 5.69 Å². The molecule has 2 unspecified atom stereocenters. The molecule has 0 saturated carbocycles. The minimum atomic E-state index is 0.502. The molecule has 3 rings (SSSR count). The average molecular weight is 288 g/mol. The van der Waals surface area contributed by atoms with Gasteiger partial charge in [0.15, 0.2) is 0 Å². The lowest BCUT2D eigenvalue weighted by Crippen LogP contribution is -2.55. The zero-order valence-corrected chi connectivity index (χ0v) is 13.5. The topological polar surface area (TPSA) is 31.4 Å². The number of piperazine rings is 1. The van der Waals surface area contributed by atoms with Crippen molar-refractivity contribution in [2.24, 2.45) is 0 Å². The van der Waals surface area contributed by atoms with Gasteiger partial charge in [0.05, 0.1) is 0 Å². The number of fused-ring (bicyclic) bond motifs is 1. The number of nitrogens with zero attached hydrogens (tertiary/aromatic N) is 3. The number of hydrogen-bond donors (Lipinski definition) is 1. The Morgan fingerprint density at radius 3 is 3.05 bits per heavy atom. The van der Waals surface area contributed by atoms with Crippen LogP contribution < -0.4 is 10.2 Å². The molecule has 4 nitrogen and oxygen atoms in total. The van der Waals surface area contributed by atoms with Gasteiger partial charge in [0.2, 0.25) is 0 Å². The predicted octanol–water partition coefficient (Wildman–Crippen LogP) is 2.25. The Hall–Kier alpha value is -1.13. The molecule has 1 aromatic heterocycles. The molecule has 2 saturated heterocycles. The zero-order chi connectivity index (χ0) is 14.8. The highest BCUT2D eigenvalue weighted by Gasteiger charge is 2.34. The summed E-state index contributed by atoms with van der Waals surface area (Å²) < 4.78 is 0. The molecule has 2 aliphatic rings. The van der Waals surface area contributed by atoms with Gasteiger partial charge in [-0.25, -0.2) is 0 Å². The molecule has 116 valence electrons. The van der Waals surface area contributed by atoms with Crippen molar-refractivity contribution in [1.82, 2.24) is 15.2 Å². The van der Waals surface area contributed by atoms with Gasteiger partial charge in [-0.05, 0) is 32.4 Å². The molecule has 1 aromatic rings. The van der Waals surface area contributed by atoms with Crippen LogP contribution in [0, 0.1) is 0 Å². The molecule has 0 aromatic carbocycles. The summed E-state index contributed by atoms with van der Waals surface area (Å²) in [6, 6.07) is 4.03. The third-order valence-corrected chi connectivity index (χ3v) is 4.83. The maximum absolute atomic E-state index is 4.33. The Morgan fingerprint density at radius 1 is 1.38 bits per heavy atom. The first-order chi connectivity index (χ1) is 10.1. The van der Waals surface area contributed by atoms with Gasteiger partial charge in [-0.2, -0.15) is 0 Å². The van der Waals surface area contributed by atoms with Gasteiger partial charge < -0.3 is 10.2 Å². The first-order valence-electron chi connectivity index (χ1n) is 8.32. The standard InChI is InChI=1S/C17H28N4/c1-13(2)19-10-15-9-18-7-6-17(15)21-12-16-5-4-8-20(16)11-14(21)3/h6-7,9,13-14,16,19H,4-5,8,10-12H2,1-3H3. The summed E-state index contributed by atoms with van der Waals surface area (Å²) in [5.41, 5.74) is 2.70. The van der Waals surface area contributed by atoms with Crippen molar-refractivity contribution in [1.29, 1.82) is 0 Å². The summed E-state index contributed by atoms with van der Waals surface area (Å²) in [4.78, 5) is 9.61. The number of anilines is 1. The van der Waals surface area contributed by atoms with E-state index in [2.05, 4.69) is 46.9 Å². The first kappa shape index (κ1) is 14.8. The third-order valence-electron chi connectivity index (χ3n) is 4.83. The molecule has 1 N–H and O–H groups in total. The Labute approximate surface area is 128 Å². The second-order valence-electron chi connectivity index (χ2n) is 6.83. The molecular formula is C17H28N4. The predicted molar refractivity (Wildman–Crippen MR) is 87.6 cm³/mol. The van der Waals surface area contributed by atoms with Crippen LogP contribution in [0.5, 0.6) is 0 Å². The average Bonchev–Trinajstić information content (AvgIpc) is 2.91. The Kier molecular flexibility index (Phi) is 4.45. The van der Waals surface area contributed by atoms with Crippen LogP contribution in [0.15, 0.2) is 18.5 Å². The van der Waals surface area contributed by atoms with Crippen molar-refractivity contribution in [3.8, 4) is 0 Å². The summed E-state index contributed by atoms with van der Waals surface area (Å²) in [7, 11) is 0. The molecule has 0 spiro atoms. The van der Waals surface area contributed by atoms with Gasteiger partial charge in [0.25, 0.3) is 0 Å². The van der Waals surface area contributed by atoms with Gasteiger partial charge in [0, 0.05) is 61.4 Å². The molecule has 4 heteroatoms. The molecule has 0 bridgehead atoms. The SMILES string of the molecule is CC(C)NCc1cnccc1N1CC2CCCN2CC1C. The van der Waals surface area contributed by atoms with Crippen molar-refractivity contribution in [3.05, 3.63) is 24.0 Å². The van der Waals surface area contributed by atoms with Crippen LogP contribution in [0.1, 0.15) is 39.2 Å². The maximum atomic E-state index is 4.33. The molecule has 2 aliphatic heterocycles. The maximum Gasteiger partial charge on any atom is 0.0446 e. The molecule has 2 fully saturated rings. The number of rotatable bonds is 4. The fourth-order valence-electron chi connectivity index (χ4n) is 3.67. The van der Waals surface area contributed by atoms with E-state index in [0.29, 0.717) is 12.1 Å². The van der Waals surface area contributed by atoms with Crippen LogP contribution in [0.2, 0.25) is 0 Å². The summed E-state index contributed by atoms with van der Waals surface area (Å²) >= 11 is 0. The second kappa shape index (κ2) is 6.32. The van der Waals surface area contributed by atoms with Gasteiger partial charge in [-0.15, -0.1) is 0 Å². The molecule has 0 radical (unpaired) electrons. The van der Waals surface area contributed by atoms with Crippen molar-refractivity contribution in [3.63, 3.8) is 0 Å². The van der Waals surface area contributed by atoms with E-state index in [1.54, 1.807) is 0 Å². The van der Waals surface area contributed by atoms with Crippen LogP contribution in [0.3, 0.4) is 0 Å². The van der Waals surface area contributed by atoms with Crippen LogP contribution in [0.4, 0.5) is 5.69 Å². The van der Waals surface area contributed by atoms with Crippen molar-refractivity contribution in [2.75, 3.05) is 24.5 Å². The first-order valence-corrected chi connectivity index (χ1v) is 8.32. The van der Waals surface area contributed by atoms with E-state index in [9.17, 15) is 0 Å². The number of nitrogens with one attached hydrogen (secondary N) is 1. The van der Waals surface area contributed by atoms with E-state index in [4.69, 9.17) is 0 Å². The van der Waals surface area contributed by atoms with Crippen LogP contribution in [-0.2, 0) is 6.54 Å². The fourth-order valence-corrected chi connectivity index (χ4v) is 3.67. The highest BCUT2D eigenvalue weighted by Crippen LogP contribution is 2.30. The van der Waals surface area contributed by atoms with E-state index in [-0.39, 0.29) is 0 Å². The summed E-state index contributed by atoms with van der Waals surface area (Å²) in [6.45, 7) is 11.3. The minimum absolute atomic E-state index is 0.502. The smallest absolute Gasteiger partial charge is 0.0446 e. The molecule has 0 amide bonds. The number of pyridine rings is 1.